The first-order valence-corrected chi connectivity index (χ1v) is 12.8. The molecule has 0 aromatic carbocycles. The van der Waals surface area contributed by atoms with Gasteiger partial charge < -0.3 is 5.32 Å². The van der Waals surface area contributed by atoms with Crippen LogP contribution in [-0.2, 0) is 23.1 Å². The predicted molar refractivity (Wildman–Crippen MR) is 122 cm³/mol. The molecular weight excluding hydrogens is 412 g/mol. The average molecular weight is 445 g/mol. The monoisotopic (exact) mass is 444 g/mol. The van der Waals surface area contributed by atoms with Crippen molar-refractivity contribution in [2.75, 3.05) is 29.7 Å². The van der Waals surface area contributed by atoms with Crippen molar-refractivity contribution in [3.8, 4) is 0 Å². The standard InChI is InChI=1S/C22H32N6O2S/c1-2-19-4-3-5-21(25-19)27-31(29,30)28-14-11-17(12-15-28)8-9-20-10-13-23-22(26-20)24-16-18-6-7-18/h3-5,10,13,17-18H,2,6-9,11-12,14-16H2,1H3,(H,25,27)(H,23,24,26). The first-order valence-electron chi connectivity index (χ1n) is 11.3. The number of anilines is 2. The summed E-state index contributed by atoms with van der Waals surface area (Å²) >= 11 is 0. The van der Waals surface area contributed by atoms with Gasteiger partial charge in [0.25, 0.3) is 0 Å². The van der Waals surface area contributed by atoms with Crippen LogP contribution >= 0.6 is 0 Å². The fourth-order valence-electron chi connectivity index (χ4n) is 3.90. The van der Waals surface area contributed by atoms with Crippen molar-refractivity contribution in [2.45, 2.75) is 51.9 Å². The van der Waals surface area contributed by atoms with Gasteiger partial charge in [0.15, 0.2) is 0 Å². The molecule has 0 spiro atoms. The van der Waals surface area contributed by atoms with Crippen molar-refractivity contribution in [1.29, 1.82) is 0 Å². The minimum absolute atomic E-state index is 0.385. The van der Waals surface area contributed by atoms with E-state index < -0.39 is 10.2 Å². The smallest absolute Gasteiger partial charge is 0.302 e. The van der Waals surface area contributed by atoms with Crippen molar-refractivity contribution < 1.29 is 8.42 Å². The van der Waals surface area contributed by atoms with Gasteiger partial charge in [0.1, 0.15) is 5.82 Å². The summed E-state index contributed by atoms with van der Waals surface area (Å²) in [5.74, 6) is 2.40. The minimum Gasteiger partial charge on any atom is -0.354 e. The van der Waals surface area contributed by atoms with Gasteiger partial charge in [-0.15, -0.1) is 0 Å². The Hall–Kier alpha value is -2.26. The topological polar surface area (TPSA) is 100 Å². The molecule has 168 valence electrons. The molecule has 0 atom stereocenters. The van der Waals surface area contributed by atoms with Crippen LogP contribution in [0.4, 0.5) is 11.8 Å². The van der Waals surface area contributed by atoms with E-state index in [1.165, 1.54) is 17.1 Å². The van der Waals surface area contributed by atoms with Crippen molar-refractivity contribution in [2.24, 2.45) is 11.8 Å². The Bertz CT molecular complexity index is 971. The molecule has 1 aliphatic carbocycles. The largest absolute Gasteiger partial charge is 0.354 e. The number of hydrogen-bond donors (Lipinski definition) is 2. The molecule has 3 heterocycles. The van der Waals surface area contributed by atoms with Crippen LogP contribution in [0.15, 0.2) is 30.5 Å². The second-order valence-electron chi connectivity index (χ2n) is 8.55. The molecule has 31 heavy (non-hydrogen) atoms. The van der Waals surface area contributed by atoms with Crippen LogP contribution in [0.25, 0.3) is 0 Å². The average Bonchev–Trinajstić information content (AvgIpc) is 3.61. The molecule has 0 unspecified atom stereocenters. The Morgan fingerprint density at radius 2 is 1.84 bits per heavy atom. The highest BCUT2D eigenvalue weighted by Gasteiger charge is 2.28. The van der Waals surface area contributed by atoms with Crippen molar-refractivity contribution in [1.82, 2.24) is 19.3 Å². The molecule has 2 aliphatic rings. The Labute approximate surface area is 185 Å². The summed E-state index contributed by atoms with van der Waals surface area (Å²) < 4.78 is 29.7. The summed E-state index contributed by atoms with van der Waals surface area (Å²) in [5.41, 5.74) is 1.92. The van der Waals surface area contributed by atoms with Crippen LogP contribution in [-0.4, -0.2) is 47.3 Å². The summed E-state index contributed by atoms with van der Waals surface area (Å²) in [4.78, 5) is 13.3. The number of nitrogens with one attached hydrogen (secondary N) is 2. The van der Waals surface area contributed by atoms with E-state index in [4.69, 9.17) is 0 Å². The lowest BCUT2D eigenvalue weighted by Crippen LogP contribution is -2.41. The second-order valence-corrected chi connectivity index (χ2v) is 10.2. The quantitative estimate of drug-likeness (QED) is 0.583. The van der Waals surface area contributed by atoms with Gasteiger partial charge in [0, 0.05) is 37.2 Å². The molecule has 2 aromatic rings. The summed E-state index contributed by atoms with van der Waals surface area (Å²) in [7, 11) is -3.57. The van der Waals surface area contributed by atoms with Crippen LogP contribution in [0.1, 0.15) is 50.4 Å². The summed E-state index contributed by atoms with van der Waals surface area (Å²) in [6.07, 6.45) is 8.83. The first kappa shape index (κ1) is 22.0. The molecule has 2 N–H and O–H groups in total. The van der Waals surface area contributed by atoms with E-state index in [9.17, 15) is 8.42 Å². The zero-order valence-corrected chi connectivity index (χ0v) is 18.9. The van der Waals surface area contributed by atoms with Crippen molar-refractivity contribution >= 4 is 22.0 Å². The molecule has 1 aliphatic heterocycles. The van der Waals surface area contributed by atoms with Crippen LogP contribution in [0.5, 0.6) is 0 Å². The Morgan fingerprint density at radius 3 is 2.58 bits per heavy atom. The highest BCUT2D eigenvalue weighted by atomic mass is 32.2. The second kappa shape index (κ2) is 9.91. The molecule has 1 saturated carbocycles. The molecule has 2 fully saturated rings. The number of aryl methyl sites for hydroxylation is 2. The van der Waals surface area contributed by atoms with E-state index >= 15 is 0 Å². The Kier molecular flexibility index (Phi) is 7.02. The maximum atomic E-state index is 12.7. The Morgan fingerprint density at radius 1 is 1.03 bits per heavy atom. The number of rotatable bonds is 10. The third kappa shape index (κ3) is 6.36. The third-order valence-corrected chi connectivity index (χ3v) is 7.60. The zero-order chi connectivity index (χ0) is 21.7. The first-order chi connectivity index (χ1) is 15.0. The molecule has 0 bridgehead atoms. The maximum Gasteiger partial charge on any atom is 0.302 e. The number of piperidine rings is 1. The molecular formula is C22H32N6O2S. The molecule has 4 rings (SSSR count). The number of hydrogen-bond acceptors (Lipinski definition) is 6. The lowest BCUT2D eigenvalue weighted by atomic mass is 9.92. The van der Waals surface area contributed by atoms with E-state index in [-0.39, 0.29) is 0 Å². The van der Waals surface area contributed by atoms with Gasteiger partial charge in [-0.05, 0) is 75.0 Å². The van der Waals surface area contributed by atoms with Gasteiger partial charge in [0.2, 0.25) is 5.95 Å². The Balaban J connectivity index is 1.24. The van der Waals surface area contributed by atoms with Gasteiger partial charge in [-0.3, -0.25) is 4.72 Å². The van der Waals surface area contributed by atoms with Gasteiger partial charge in [-0.2, -0.15) is 12.7 Å². The molecule has 9 heteroatoms. The summed E-state index contributed by atoms with van der Waals surface area (Å²) in [5, 5.41) is 3.33. The van der Waals surface area contributed by atoms with Gasteiger partial charge >= 0.3 is 10.2 Å². The normalized spacial score (nSPS) is 18.1. The van der Waals surface area contributed by atoms with E-state index in [2.05, 4.69) is 25.0 Å². The lowest BCUT2D eigenvalue weighted by molar-refractivity contribution is 0.264. The third-order valence-electron chi connectivity index (χ3n) is 6.08. The molecule has 0 radical (unpaired) electrons. The van der Waals surface area contributed by atoms with E-state index in [1.54, 1.807) is 6.07 Å². The zero-order valence-electron chi connectivity index (χ0n) is 18.1. The molecule has 2 aromatic heterocycles. The maximum absolute atomic E-state index is 12.7. The van der Waals surface area contributed by atoms with E-state index in [1.807, 2.05) is 31.3 Å². The highest BCUT2D eigenvalue weighted by molar-refractivity contribution is 7.90. The molecule has 8 nitrogen and oxygen atoms in total. The van der Waals surface area contributed by atoms with Crippen molar-refractivity contribution in [3.63, 3.8) is 0 Å². The highest BCUT2D eigenvalue weighted by Crippen LogP contribution is 2.28. The van der Waals surface area contributed by atoms with E-state index in [0.717, 1.165) is 61.9 Å². The number of nitrogens with zero attached hydrogens (tertiary/aromatic N) is 4. The lowest BCUT2D eigenvalue weighted by Gasteiger charge is -2.31. The fraction of sp³-hybridized carbons (Fsp3) is 0.591. The van der Waals surface area contributed by atoms with Gasteiger partial charge in [0.05, 0.1) is 0 Å². The molecule has 0 amide bonds. The minimum atomic E-state index is -3.57. The van der Waals surface area contributed by atoms with Gasteiger partial charge in [-0.1, -0.05) is 13.0 Å². The number of pyridine rings is 1. The van der Waals surface area contributed by atoms with Crippen LogP contribution in [0.2, 0.25) is 0 Å². The van der Waals surface area contributed by atoms with Crippen LogP contribution in [0.3, 0.4) is 0 Å². The van der Waals surface area contributed by atoms with Crippen LogP contribution in [0, 0.1) is 11.8 Å². The summed E-state index contributed by atoms with van der Waals surface area (Å²) in [6, 6.07) is 7.39. The van der Waals surface area contributed by atoms with Crippen LogP contribution < -0.4 is 10.0 Å². The SMILES string of the molecule is CCc1cccc(NS(=O)(=O)N2CCC(CCc3ccnc(NCC4CC4)n3)CC2)n1. The molecule has 1 saturated heterocycles. The summed E-state index contributed by atoms with van der Waals surface area (Å²) in [6.45, 7) is 4.03. The van der Waals surface area contributed by atoms with Gasteiger partial charge in [-0.25, -0.2) is 15.0 Å². The fourth-order valence-corrected chi connectivity index (χ4v) is 5.10. The number of aromatic nitrogens is 3. The van der Waals surface area contributed by atoms with E-state index in [0.29, 0.717) is 24.8 Å². The van der Waals surface area contributed by atoms with Crippen molar-refractivity contribution in [3.05, 3.63) is 41.9 Å². The predicted octanol–water partition coefficient (Wildman–Crippen LogP) is 3.26.